The zero-order chi connectivity index (χ0) is 20.4. The molecule has 1 amide bonds. The zero-order valence-corrected chi connectivity index (χ0v) is 15.6. The Bertz CT molecular complexity index is 1020. The monoisotopic (exact) mass is 421 g/mol. The summed E-state index contributed by atoms with van der Waals surface area (Å²) < 4.78 is 19.3. The SMILES string of the molecule is O=C(O)C[C@H](C(=O)O)N1C(=O)/C(=C/c2ccc(-c3ccccc3F)o2)SC1=S. The van der Waals surface area contributed by atoms with Crippen LogP contribution in [0.25, 0.3) is 17.4 Å². The molecule has 1 aromatic heterocycles. The molecule has 0 unspecified atom stereocenters. The van der Waals surface area contributed by atoms with Crippen molar-refractivity contribution in [2.45, 2.75) is 12.5 Å². The molecule has 28 heavy (non-hydrogen) atoms. The van der Waals surface area contributed by atoms with Crippen LogP contribution in [-0.4, -0.2) is 43.3 Å². The lowest BCUT2D eigenvalue weighted by atomic mass is 10.1. The third-order valence-corrected chi connectivity index (χ3v) is 5.16. The first-order valence-electron chi connectivity index (χ1n) is 7.84. The molecule has 0 bridgehead atoms. The molecule has 7 nitrogen and oxygen atoms in total. The summed E-state index contributed by atoms with van der Waals surface area (Å²) in [6.45, 7) is 0. The van der Waals surface area contributed by atoms with E-state index in [1.165, 1.54) is 24.3 Å². The molecule has 2 heterocycles. The molecule has 0 spiro atoms. The van der Waals surface area contributed by atoms with Gasteiger partial charge in [-0.15, -0.1) is 0 Å². The number of aliphatic carboxylic acids is 2. The molecule has 1 saturated heterocycles. The number of furan rings is 1. The third-order valence-electron chi connectivity index (χ3n) is 3.83. The topological polar surface area (TPSA) is 108 Å². The minimum atomic E-state index is -1.61. The van der Waals surface area contributed by atoms with Gasteiger partial charge in [0.1, 0.15) is 27.7 Å². The van der Waals surface area contributed by atoms with Crippen LogP contribution in [0.3, 0.4) is 0 Å². The number of carbonyl (C=O) groups is 3. The van der Waals surface area contributed by atoms with Gasteiger partial charge in [-0.05, 0) is 24.3 Å². The molecule has 10 heteroatoms. The molecule has 1 aliphatic rings. The summed E-state index contributed by atoms with van der Waals surface area (Å²) in [5, 5.41) is 18.1. The van der Waals surface area contributed by atoms with Crippen LogP contribution in [-0.2, 0) is 14.4 Å². The summed E-state index contributed by atoms with van der Waals surface area (Å²) in [5.74, 6) is -3.54. The van der Waals surface area contributed by atoms with E-state index in [2.05, 4.69) is 0 Å². The molecule has 3 rings (SSSR count). The van der Waals surface area contributed by atoms with Gasteiger partial charge in [0.15, 0.2) is 0 Å². The van der Waals surface area contributed by atoms with Gasteiger partial charge in [0, 0.05) is 6.08 Å². The standard InChI is InChI=1S/C18H12FNO6S2/c19-11-4-2-1-3-10(11)13-6-5-9(26-13)7-14-16(23)20(18(27)28-14)12(17(24)25)8-15(21)22/h1-7,12H,8H2,(H,21,22)(H,24,25)/b14-7-/t12-/m1/s1. The van der Waals surface area contributed by atoms with Crippen LogP contribution in [0.4, 0.5) is 4.39 Å². The summed E-state index contributed by atoms with van der Waals surface area (Å²) in [6, 6.07) is 7.49. The van der Waals surface area contributed by atoms with Gasteiger partial charge in [0.05, 0.1) is 16.9 Å². The lowest BCUT2D eigenvalue weighted by Crippen LogP contribution is -2.45. The highest BCUT2D eigenvalue weighted by atomic mass is 32.2. The van der Waals surface area contributed by atoms with E-state index in [1.54, 1.807) is 18.2 Å². The molecule has 1 fully saturated rings. The van der Waals surface area contributed by atoms with Crippen LogP contribution in [0, 0.1) is 5.82 Å². The minimum Gasteiger partial charge on any atom is -0.481 e. The van der Waals surface area contributed by atoms with Crippen molar-refractivity contribution in [1.82, 2.24) is 4.90 Å². The Balaban J connectivity index is 1.87. The Hall–Kier alpha value is -2.98. The van der Waals surface area contributed by atoms with Crippen molar-refractivity contribution >= 4 is 52.2 Å². The summed E-state index contributed by atoms with van der Waals surface area (Å²) in [5.41, 5.74) is 0.252. The van der Waals surface area contributed by atoms with Crippen LogP contribution < -0.4 is 0 Å². The van der Waals surface area contributed by atoms with Crippen molar-refractivity contribution in [1.29, 1.82) is 0 Å². The second-order valence-electron chi connectivity index (χ2n) is 5.69. The van der Waals surface area contributed by atoms with E-state index in [4.69, 9.17) is 21.7 Å². The Morgan fingerprint density at radius 3 is 2.61 bits per heavy atom. The molecule has 0 aliphatic carbocycles. The van der Waals surface area contributed by atoms with E-state index in [0.717, 1.165) is 16.7 Å². The molecule has 0 saturated carbocycles. The number of nitrogens with zero attached hydrogens (tertiary/aromatic N) is 1. The minimum absolute atomic E-state index is 0.0641. The molecule has 144 valence electrons. The van der Waals surface area contributed by atoms with E-state index in [0.29, 0.717) is 0 Å². The van der Waals surface area contributed by atoms with Crippen molar-refractivity contribution < 1.29 is 33.4 Å². The van der Waals surface area contributed by atoms with Crippen molar-refractivity contribution in [2.24, 2.45) is 0 Å². The molecule has 2 N–H and O–H groups in total. The number of carboxylic acids is 2. The predicted octanol–water partition coefficient (Wildman–Crippen LogP) is 3.21. The number of carboxylic acid groups (broad SMARTS) is 2. The summed E-state index contributed by atoms with van der Waals surface area (Å²) in [7, 11) is 0. The van der Waals surface area contributed by atoms with Crippen molar-refractivity contribution in [3.63, 3.8) is 0 Å². The van der Waals surface area contributed by atoms with Gasteiger partial charge in [-0.3, -0.25) is 14.5 Å². The molecule has 2 aromatic rings. The fourth-order valence-corrected chi connectivity index (χ4v) is 3.91. The summed E-state index contributed by atoms with van der Waals surface area (Å²) in [4.78, 5) is 35.7. The van der Waals surface area contributed by atoms with E-state index < -0.39 is 36.1 Å². The van der Waals surface area contributed by atoms with Gasteiger partial charge in [0.2, 0.25) is 0 Å². The maximum Gasteiger partial charge on any atom is 0.327 e. The maximum atomic E-state index is 13.9. The molecule has 1 aromatic carbocycles. The van der Waals surface area contributed by atoms with E-state index in [-0.39, 0.29) is 26.3 Å². The number of thioether (sulfide) groups is 1. The van der Waals surface area contributed by atoms with Crippen LogP contribution >= 0.6 is 24.0 Å². The lowest BCUT2D eigenvalue weighted by Gasteiger charge is -2.21. The second kappa shape index (κ2) is 7.95. The number of thiocarbonyl (C=S) groups is 1. The van der Waals surface area contributed by atoms with Gasteiger partial charge >= 0.3 is 11.9 Å². The van der Waals surface area contributed by atoms with Crippen LogP contribution in [0.5, 0.6) is 0 Å². The normalized spacial score (nSPS) is 16.6. The average molecular weight is 421 g/mol. The van der Waals surface area contributed by atoms with Crippen molar-refractivity contribution in [3.8, 4) is 11.3 Å². The number of halogens is 1. The first-order valence-corrected chi connectivity index (χ1v) is 9.07. The summed E-state index contributed by atoms with van der Waals surface area (Å²) in [6.07, 6.45) is 0.566. The van der Waals surface area contributed by atoms with E-state index >= 15 is 0 Å². The second-order valence-corrected chi connectivity index (χ2v) is 7.36. The highest BCUT2D eigenvalue weighted by molar-refractivity contribution is 8.26. The van der Waals surface area contributed by atoms with Crippen LogP contribution in [0.15, 0.2) is 45.7 Å². The summed E-state index contributed by atoms with van der Waals surface area (Å²) >= 11 is 5.89. The quantitative estimate of drug-likeness (QED) is 0.541. The Labute approximate surface area is 167 Å². The van der Waals surface area contributed by atoms with Gasteiger partial charge in [0.25, 0.3) is 5.91 Å². The smallest absolute Gasteiger partial charge is 0.327 e. The predicted molar refractivity (Wildman–Crippen MR) is 103 cm³/mol. The van der Waals surface area contributed by atoms with Crippen molar-refractivity contribution in [2.75, 3.05) is 0 Å². The van der Waals surface area contributed by atoms with Crippen molar-refractivity contribution in [3.05, 3.63) is 52.9 Å². The first-order chi connectivity index (χ1) is 13.3. The number of amides is 1. The van der Waals surface area contributed by atoms with E-state index in [9.17, 15) is 23.9 Å². The highest BCUT2D eigenvalue weighted by Gasteiger charge is 2.41. The molecular weight excluding hydrogens is 409 g/mol. The molecule has 1 aliphatic heterocycles. The number of hydrogen-bond donors (Lipinski definition) is 2. The molecular formula is C18H12FNO6S2. The van der Waals surface area contributed by atoms with Gasteiger partial charge in [-0.2, -0.15) is 0 Å². The maximum absolute atomic E-state index is 13.9. The highest BCUT2D eigenvalue weighted by Crippen LogP contribution is 2.35. The first kappa shape index (κ1) is 19.8. The number of carbonyl (C=O) groups excluding carboxylic acids is 1. The van der Waals surface area contributed by atoms with Gasteiger partial charge < -0.3 is 14.6 Å². The lowest BCUT2D eigenvalue weighted by molar-refractivity contribution is -0.150. The van der Waals surface area contributed by atoms with Crippen LogP contribution in [0.1, 0.15) is 12.2 Å². The molecule has 0 radical (unpaired) electrons. The Morgan fingerprint density at radius 1 is 1.25 bits per heavy atom. The fourth-order valence-electron chi connectivity index (χ4n) is 2.57. The Kier molecular flexibility index (Phi) is 5.61. The number of hydrogen-bond acceptors (Lipinski definition) is 6. The van der Waals surface area contributed by atoms with Gasteiger partial charge in [-0.25, -0.2) is 9.18 Å². The Morgan fingerprint density at radius 2 is 1.96 bits per heavy atom. The van der Waals surface area contributed by atoms with E-state index in [1.807, 2.05) is 0 Å². The zero-order valence-electron chi connectivity index (χ0n) is 14.0. The third kappa shape index (κ3) is 3.97. The molecule has 1 atom stereocenters. The van der Waals surface area contributed by atoms with Gasteiger partial charge in [-0.1, -0.05) is 36.1 Å². The fraction of sp³-hybridized carbons (Fsp3) is 0.111. The van der Waals surface area contributed by atoms with Crippen LogP contribution in [0.2, 0.25) is 0 Å². The average Bonchev–Trinajstić information content (AvgIpc) is 3.18. The number of rotatable bonds is 6. The largest absolute Gasteiger partial charge is 0.481 e. The number of benzene rings is 1.